The molecule has 0 spiro atoms. The predicted molar refractivity (Wildman–Crippen MR) is 78.0 cm³/mol. The minimum absolute atomic E-state index is 0.0949. The summed E-state index contributed by atoms with van der Waals surface area (Å²) >= 11 is 0. The first-order valence-corrected chi connectivity index (χ1v) is 10.1. The molecule has 1 aliphatic heterocycles. The lowest BCUT2D eigenvalue weighted by Gasteiger charge is -2.20. The van der Waals surface area contributed by atoms with E-state index < -0.39 is 37.3 Å². The van der Waals surface area contributed by atoms with E-state index in [-0.39, 0.29) is 17.9 Å². The predicted octanol–water partition coefficient (Wildman–Crippen LogP) is -0.249. The molecule has 0 radical (unpaired) electrons. The topological polar surface area (TPSA) is 101 Å². The molecule has 1 aliphatic carbocycles. The van der Waals surface area contributed by atoms with Crippen molar-refractivity contribution in [1.29, 1.82) is 0 Å². The Bertz CT molecular complexity index is 757. The molecule has 2 N–H and O–H groups in total. The summed E-state index contributed by atoms with van der Waals surface area (Å²) in [7, 11) is -7.05. The number of sulfonamides is 1. The Kier molecular flexibility index (Phi) is 3.59. The number of aliphatic hydroxyl groups excluding tert-OH is 1. The first kappa shape index (κ1) is 15.0. The molecule has 2 aliphatic rings. The van der Waals surface area contributed by atoms with E-state index in [2.05, 4.69) is 4.72 Å². The SMILES string of the molecule is O=S1(=O)CCC(S(=O)(=O)NC2c3ccccc3CC2O)C1. The van der Waals surface area contributed by atoms with Gasteiger partial charge in [-0.3, -0.25) is 0 Å². The maximum Gasteiger partial charge on any atom is 0.216 e. The number of rotatable bonds is 3. The molecule has 3 atom stereocenters. The normalized spacial score (nSPS) is 31.2. The van der Waals surface area contributed by atoms with Crippen LogP contribution < -0.4 is 4.72 Å². The Morgan fingerprint density at radius 2 is 1.95 bits per heavy atom. The van der Waals surface area contributed by atoms with Crippen LogP contribution in [0.1, 0.15) is 23.6 Å². The molecule has 0 aromatic heterocycles. The van der Waals surface area contributed by atoms with Gasteiger partial charge >= 0.3 is 0 Å². The van der Waals surface area contributed by atoms with Crippen LogP contribution in [0.3, 0.4) is 0 Å². The van der Waals surface area contributed by atoms with Gasteiger partial charge in [0.25, 0.3) is 0 Å². The highest BCUT2D eigenvalue weighted by molar-refractivity contribution is 7.95. The number of nitrogens with one attached hydrogen (secondary N) is 1. The molecule has 3 unspecified atom stereocenters. The van der Waals surface area contributed by atoms with Crippen LogP contribution in [0.25, 0.3) is 0 Å². The number of sulfone groups is 1. The zero-order chi connectivity index (χ0) is 15.3. The lowest BCUT2D eigenvalue weighted by molar-refractivity contribution is 0.151. The molecule has 8 heteroatoms. The van der Waals surface area contributed by atoms with Gasteiger partial charge in [0.05, 0.1) is 28.9 Å². The highest BCUT2D eigenvalue weighted by Crippen LogP contribution is 2.32. The monoisotopic (exact) mass is 331 g/mol. The third-order valence-corrected chi connectivity index (χ3v) is 7.97. The largest absolute Gasteiger partial charge is 0.391 e. The lowest BCUT2D eigenvalue weighted by Crippen LogP contribution is -2.40. The fraction of sp³-hybridized carbons (Fsp3) is 0.538. The van der Waals surface area contributed by atoms with Gasteiger partial charge < -0.3 is 5.11 Å². The summed E-state index contributed by atoms with van der Waals surface area (Å²) < 4.78 is 50.1. The van der Waals surface area contributed by atoms with E-state index >= 15 is 0 Å². The Balaban J connectivity index is 1.83. The van der Waals surface area contributed by atoms with Crippen molar-refractivity contribution >= 4 is 19.9 Å². The number of benzene rings is 1. The maximum atomic E-state index is 12.3. The van der Waals surface area contributed by atoms with Crippen molar-refractivity contribution in [2.24, 2.45) is 0 Å². The molecule has 0 bridgehead atoms. The average Bonchev–Trinajstić information content (AvgIpc) is 2.91. The molecule has 0 amide bonds. The minimum atomic E-state index is -3.78. The third-order valence-electron chi connectivity index (χ3n) is 4.12. The van der Waals surface area contributed by atoms with E-state index in [1.54, 1.807) is 12.1 Å². The van der Waals surface area contributed by atoms with E-state index in [1.165, 1.54) is 0 Å². The molecule has 0 saturated carbocycles. The van der Waals surface area contributed by atoms with Gasteiger partial charge in [0.15, 0.2) is 9.84 Å². The van der Waals surface area contributed by atoms with Crippen molar-refractivity contribution in [2.45, 2.75) is 30.2 Å². The Hall–Kier alpha value is -0.960. The summed E-state index contributed by atoms with van der Waals surface area (Å²) in [5.74, 6) is -0.435. The Morgan fingerprint density at radius 1 is 1.24 bits per heavy atom. The number of hydrogen-bond acceptors (Lipinski definition) is 5. The van der Waals surface area contributed by atoms with Gasteiger partial charge in [-0.2, -0.15) is 0 Å². The first-order valence-electron chi connectivity index (χ1n) is 6.76. The molecule has 3 rings (SSSR count). The van der Waals surface area contributed by atoms with Gasteiger partial charge in [0, 0.05) is 6.42 Å². The van der Waals surface area contributed by atoms with Crippen molar-refractivity contribution in [3.63, 3.8) is 0 Å². The van der Waals surface area contributed by atoms with Gasteiger partial charge in [0.2, 0.25) is 10.0 Å². The summed E-state index contributed by atoms with van der Waals surface area (Å²) in [6.45, 7) is 0. The van der Waals surface area contributed by atoms with Gasteiger partial charge in [-0.1, -0.05) is 24.3 Å². The van der Waals surface area contributed by atoms with Crippen molar-refractivity contribution in [3.8, 4) is 0 Å². The standard InChI is InChI=1S/C13H17NO5S2/c15-12-7-9-3-1-2-4-11(9)13(12)14-21(18,19)10-5-6-20(16,17)8-10/h1-4,10,12-15H,5-8H2. The Labute approximate surface area is 124 Å². The zero-order valence-electron chi connectivity index (χ0n) is 11.3. The molecule has 1 fully saturated rings. The molecule has 1 saturated heterocycles. The van der Waals surface area contributed by atoms with E-state index in [9.17, 15) is 21.9 Å². The highest BCUT2D eigenvalue weighted by atomic mass is 32.2. The van der Waals surface area contributed by atoms with Gasteiger partial charge in [-0.05, 0) is 17.5 Å². The van der Waals surface area contributed by atoms with E-state index in [1.807, 2.05) is 12.1 Å². The minimum Gasteiger partial charge on any atom is -0.391 e. The van der Waals surface area contributed by atoms with Crippen LogP contribution >= 0.6 is 0 Å². The number of aliphatic hydroxyl groups is 1. The molecular formula is C13H17NO5S2. The van der Waals surface area contributed by atoms with Crippen LogP contribution in [-0.2, 0) is 26.3 Å². The van der Waals surface area contributed by atoms with E-state index in [0.29, 0.717) is 6.42 Å². The van der Waals surface area contributed by atoms with E-state index in [4.69, 9.17) is 0 Å². The fourth-order valence-electron chi connectivity index (χ4n) is 2.99. The zero-order valence-corrected chi connectivity index (χ0v) is 12.9. The van der Waals surface area contributed by atoms with Crippen LogP contribution in [0, 0.1) is 0 Å². The molecule has 1 aromatic rings. The van der Waals surface area contributed by atoms with Crippen LogP contribution in [-0.4, -0.2) is 44.8 Å². The third kappa shape index (κ3) is 2.85. The molecular weight excluding hydrogens is 314 g/mol. The first-order chi connectivity index (χ1) is 9.78. The molecule has 1 aromatic carbocycles. The Morgan fingerprint density at radius 3 is 2.62 bits per heavy atom. The summed E-state index contributed by atoms with van der Waals surface area (Å²) in [6.07, 6.45) is -0.316. The number of fused-ring (bicyclic) bond motifs is 1. The smallest absolute Gasteiger partial charge is 0.216 e. The number of hydrogen-bond donors (Lipinski definition) is 2. The average molecular weight is 331 g/mol. The summed E-state index contributed by atoms with van der Waals surface area (Å²) in [5.41, 5.74) is 1.67. The van der Waals surface area contributed by atoms with Gasteiger partial charge in [0.1, 0.15) is 0 Å². The molecule has 21 heavy (non-hydrogen) atoms. The van der Waals surface area contributed by atoms with Crippen molar-refractivity contribution in [1.82, 2.24) is 4.72 Å². The fourth-order valence-corrected chi connectivity index (χ4v) is 7.28. The second-order valence-electron chi connectivity index (χ2n) is 5.64. The highest BCUT2D eigenvalue weighted by Gasteiger charge is 2.41. The van der Waals surface area contributed by atoms with Crippen molar-refractivity contribution < 1.29 is 21.9 Å². The molecule has 1 heterocycles. The molecule has 6 nitrogen and oxygen atoms in total. The van der Waals surface area contributed by atoms with E-state index in [0.717, 1.165) is 11.1 Å². The second kappa shape index (κ2) is 5.05. The lowest BCUT2D eigenvalue weighted by atomic mass is 10.1. The quantitative estimate of drug-likeness (QED) is 0.795. The van der Waals surface area contributed by atoms with Gasteiger partial charge in [-0.25, -0.2) is 21.6 Å². The van der Waals surface area contributed by atoms with Crippen LogP contribution in [0.5, 0.6) is 0 Å². The maximum absolute atomic E-state index is 12.3. The van der Waals surface area contributed by atoms with Crippen LogP contribution in [0.2, 0.25) is 0 Å². The second-order valence-corrected chi connectivity index (χ2v) is 9.86. The van der Waals surface area contributed by atoms with Crippen LogP contribution in [0.4, 0.5) is 0 Å². The van der Waals surface area contributed by atoms with Crippen molar-refractivity contribution in [3.05, 3.63) is 35.4 Å². The summed E-state index contributed by atoms with van der Waals surface area (Å²) in [5, 5.41) is 9.15. The van der Waals surface area contributed by atoms with Crippen molar-refractivity contribution in [2.75, 3.05) is 11.5 Å². The summed E-state index contributed by atoms with van der Waals surface area (Å²) in [6, 6.07) is 6.57. The summed E-state index contributed by atoms with van der Waals surface area (Å²) in [4.78, 5) is 0. The molecule has 116 valence electrons. The van der Waals surface area contributed by atoms with Crippen LogP contribution in [0.15, 0.2) is 24.3 Å². The van der Waals surface area contributed by atoms with Gasteiger partial charge in [-0.15, -0.1) is 0 Å².